The van der Waals surface area contributed by atoms with E-state index in [-0.39, 0.29) is 10.8 Å². The highest BCUT2D eigenvalue weighted by molar-refractivity contribution is 7.88. The molecule has 1 saturated heterocycles. The highest BCUT2D eigenvalue weighted by atomic mass is 35.5. The standard InChI is InChI=1S/C13H18ClFN2O2S/c14-12-7-11(1-2-13(12)15)9-20(18,19)17-5-3-10(8-16)4-6-17/h1-2,7,10H,3-6,8-9,16H2. The molecule has 0 unspecified atom stereocenters. The molecule has 0 bridgehead atoms. The van der Waals surface area contributed by atoms with Crippen molar-refractivity contribution in [2.45, 2.75) is 18.6 Å². The Morgan fingerprint density at radius 1 is 1.35 bits per heavy atom. The Bertz CT molecular complexity index is 572. The van der Waals surface area contributed by atoms with Gasteiger partial charge in [-0.2, -0.15) is 0 Å². The van der Waals surface area contributed by atoms with Crippen LogP contribution in [-0.4, -0.2) is 32.4 Å². The van der Waals surface area contributed by atoms with Gasteiger partial charge in [0.15, 0.2) is 0 Å². The predicted octanol–water partition coefficient (Wildman–Crippen LogP) is 1.98. The van der Waals surface area contributed by atoms with Gasteiger partial charge >= 0.3 is 0 Å². The van der Waals surface area contributed by atoms with Crippen molar-refractivity contribution in [1.82, 2.24) is 4.31 Å². The summed E-state index contributed by atoms with van der Waals surface area (Å²) >= 11 is 5.67. The molecule has 1 aromatic carbocycles. The second kappa shape index (κ2) is 6.39. The molecule has 0 amide bonds. The van der Waals surface area contributed by atoms with E-state index in [2.05, 4.69) is 0 Å². The summed E-state index contributed by atoms with van der Waals surface area (Å²) in [5.41, 5.74) is 6.09. The lowest BCUT2D eigenvalue weighted by Gasteiger charge is -2.30. The summed E-state index contributed by atoms with van der Waals surface area (Å²) in [4.78, 5) is 0. The fourth-order valence-corrected chi connectivity index (χ4v) is 4.11. The molecule has 112 valence electrons. The van der Waals surface area contributed by atoms with Crippen molar-refractivity contribution in [2.24, 2.45) is 11.7 Å². The van der Waals surface area contributed by atoms with Gasteiger partial charge in [-0.3, -0.25) is 0 Å². The van der Waals surface area contributed by atoms with Gasteiger partial charge in [0, 0.05) is 13.1 Å². The first-order valence-electron chi connectivity index (χ1n) is 6.54. The fraction of sp³-hybridized carbons (Fsp3) is 0.538. The Labute approximate surface area is 123 Å². The minimum atomic E-state index is -3.39. The third-order valence-electron chi connectivity index (χ3n) is 3.63. The Morgan fingerprint density at radius 2 is 2.00 bits per heavy atom. The van der Waals surface area contributed by atoms with Gasteiger partial charge in [-0.1, -0.05) is 17.7 Å². The van der Waals surface area contributed by atoms with Crippen molar-refractivity contribution in [2.75, 3.05) is 19.6 Å². The van der Waals surface area contributed by atoms with Crippen LogP contribution in [0.4, 0.5) is 4.39 Å². The molecule has 0 aliphatic carbocycles. The average molecular weight is 321 g/mol. The summed E-state index contributed by atoms with van der Waals surface area (Å²) in [6, 6.07) is 4.00. The highest BCUT2D eigenvalue weighted by Gasteiger charge is 2.27. The Kier molecular flexibility index (Phi) is 5.01. The molecule has 0 spiro atoms. The lowest BCUT2D eigenvalue weighted by molar-refractivity contribution is 0.278. The van der Waals surface area contributed by atoms with E-state index < -0.39 is 15.8 Å². The maximum absolute atomic E-state index is 13.1. The summed E-state index contributed by atoms with van der Waals surface area (Å²) in [5, 5.41) is -0.0560. The maximum Gasteiger partial charge on any atom is 0.218 e. The van der Waals surface area contributed by atoms with Crippen molar-refractivity contribution >= 4 is 21.6 Å². The summed E-state index contributed by atoms with van der Waals surface area (Å²) in [5.74, 6) is -0.293. The summed E-state index contributed by atoms with van der Waals surface area (Å²) in [7, 11) is -3.39. The summed E-state index contributed by atoms with van der Waals surface area (Å²) in [6.07, 6.45) is 1.58. The molecule has 1 aliphatic heterocycles. The van der Waals surface area contributed by atoms with Crippen LogP contribution in [0.5, 0.6) is 0 Å². The van der Waals surface area contributed by atoms with Crippen molar-refractivity contribution < 1.29 is 12.8 Å². The van der Waals surface area contributed by atoms with Crippen molar-refractivity contribution in [3.63, 3.8) is 0 Å². The SMILES string of the molecule is NCC1CCN(S(=O)(=O)Cc2ccc(F)c(Cl)c2)CC1. The second-order valence-electron chi connectivity index (χ2n) is 5.08. The zero-order valence-corrected chi connectivity index (χ0v) is 12.6. The van der Waals surface area contributed by atoms with Gasteiger partial charge in [0.2, 0.25) is 10.0 Å². The van der Waals surface area contributed by atoms with Crippen LogP contribution >= 0.6 is 11.6 Å². The number of rotatable bonds is 4. The molecule has 0 radical (unpaired) electrons. The van der Waals surface area contributed by atoms with Crippen LogP contribution < -0.4 is 5.73 Å². The number of nitrogens with two attached hydrogens (primary N) is 1. The van der Waals surface area contributed by atoms with Gasteiger partial charge < -0.3 is 5.73 Å². The van der Waals surface area contributed by atoms with Crippen LogP contribution in [0, 0.1) is 11.7 Å². The predicted molar refractivity (Wildman–Crippen MR) is 77.4 cm³/mol. The van der Waals surface area contributed by atoms with Gasteiger partial charge in [-0.25, -0.2) is 17.1 Å². The minimum Gasteiger partial charge on any atom is -0.330 e. The molecule has 0 aromatic heterocycles. The van der Waals surface area contributed by atoms with Crippen LogP contribution in [0.2, 0.25) is 5.02 Å². The van der Waals surface area contributed by atoms with E-state index in [1.165, 1.54) is 22.5 Å². The number of nitrogens with zero attached hydrogens (tertiary/aromatic N) is 1. The van der Waals surface area contributed by atoms with E-state index in [1.54, 1.807) is 0 Å². The fourth-order valence-electron chi connectivity index (χ4n) is 2.35. The monoisotopic (exact) mass is 320 g/mol. The molecule has 2 N–H and O–H groups in total. The number of benzene rings is 1. The van der Waals surface area contributed by atoms with E-state index in [0.29, 0.717) is 31.1 Å². The molecular formula is C13H18ClFN2O2S. The average Bonchev–Trinajstić information content (AvgIpc) is 2.43. The number of sulfonamides is 1. The first-order valence-corrected chi connectivity index (χ1v) is 8.53. The van der Waals surface area contributed by atoms with Crippen molar-refractivity contribution in [1.29, 1.82) is 0 Å². The molecule has 1 heterocycles. The van der Waals surface area contributed by atoms with E-state index in [4.69, 9.17) is 17.3 Å². The zero-order chi connectivity index (χ0) is 14.8. The van der Waals surface area contributed by atoms with E-state index in [9.17, 15) is 12.8 Å². The van der Waals surface area contributed by atoms with E-state index in [1.807, 2.05) is 0 Å². The molecule has 1 fully saturated rings. The van der Waals surface area contributed by atoms with Crippen LogP contribution in [-0.2, 0) is 15.8 Å². The van der Waals surface area contributed by atoms with Gasteiger partial charge in [0.1, 0.15) is 5.82 Å². The number of hydrogen-bond donors (Lipinski definition) is 1. The molecule has 0 atom stereocenters. The Balaban J connectivity index is 2.05. The first-order chi connectivity index (χ1) is 9.42. The van der Waals surface area contributed by atoms with Crippen LogP contribution in [0.15, 0.2) is 18.2 Å². The third kappa shape index (κ3) is 3.69. The van der Waals surface area contributed by atoms with E-state index >= 15 is 0 Å². The first kappa shape index (κ1) is 15.7. The highest BCUT2D eigenvalue weighted by Crippen LogP contribution is 2.22. The molecule has 20 heavy (non-hydrogen) atoms. The minimum absolute atomic E-state index is 0.0560. The lowest BCUT2D eigenvalue weighted by Crippen LogP contribution is -2.40. The molecule has 7 heteroatoms. The van der Waals surface area contributed by atoms with Crippen molar-refractivity contribution in [3.8, 4) is 0 Å². The van der Waals surface area contributed by atoms with Gasteiger partial charge in [0.05, 0.1) is 10.8 Å². The topological polar surface area (TPSA) is 63.4 Å². The quantitative estimate of drug-likeness (QED) is 0.922. The van der Waals surface area contributed by atoms with Crippen molar-refractivity contribution in [3.05, 3.63) is 34.6 Å². The van der Waals surface area contributed by atoms with Gasteiger partial charge in [0.25, 0.3) is 0 Å². The molecule has 1 aromatic rings. The number of halogens is 2. The normalized spacial score (nSPS) is 18.4. The van der Waals surface area contributed by atoms with Gasteiger partial charge in [-0.15, -0.1) is 0 Å². The molecular weight excluding hydrogens is 303 g/mol. The zero-order valence-electron chi connectivity index (χ0n) is 11.1. The van der Waals surface area contributed by atoms with Gasteiger partial charge in [-0.05, 0) is 43.0 Å². The lowest BCUT2D eigenvalue weighted by atomic mass is 9.99. The number of hydrogen-bond acceptors (Lipinski definition) is 3. The molecule has 0 saturated carbocycles. The Morgan fingerprint density at radius 3 is 2.55 bits per heavy atom. The van der Waals surface area contributed by atoms with Crippen LogP contribution in [0.3, 0.4) is 0 Å². The smallest absolute Gasteiger partial charge is 0.218 e. The molecule has 2 rings (SSSR count). The van der Waals surface area contributed by atoms with Crippen LogP contribution in [0.1, 0.15) is 18.4 Å². The Hall–Kier alpha value is -0.690. The molecule has 4 nitrogen and oxygen atoms in total. The molecule has 1 aliphatic rings. The number of piperidine rings is 1. The largest absolute Gasteiger partial charge is 0.330 e. The van der Waals surface area contributed by atoms with E-state index in [0.717, 1.165) is 12.8 Å². The summed E-state index contributed by atoms with van der Waals surface area (Å²) in [6.45, 7) is 1.60. The third-order valence-corrected chi connectivity index (χ3v) is 5.77. The second-order valence-corrected chi connectivity index (χ2v) is 7.46. The van der Waals surface area contributed by atoms with Crippen LogP contribution in [0.25, 0.3) is 0 Å². The summed E-state index contributed by atoms with van der Waals surface area (Å²) < 4.78 is 39.2. The maximum atomic E-state index is 13.1.